The molecule has 0 fully saturated rings. The Bertz CT molecular complexity index is 1220. The summed E-state index contributed by atoms with van der Waals surface area (Å²) in [7, 11) is 0. The van der Waals surface area contributed by atoms with Gasteiger partial charge in [0.1, 0.15) is 6.54 Å². The first kappa shape index (κ1) is 22.2. The van der Waals surface area contributed by atoms with Gasteiger partial charge in [-0.15, -0.1) is 0 Å². The van der Waals surface area contributed by atoms with Crippen LogP contribution in [0.25, 0.3) is 10.9 Å². The van der Waals surface area contributed by atoms with E-state index in [0.717, 1.165) is 10.6 Å². The molecule has 1 aromatic heterocycles. The SMILES string of the molecule is Cc1c([C@H](C)C(=O)NCC(=O)O)c2c(F)c(O)c(F)cc2n1C(=O)c1ccc(Cl)cc1. The summed E-state index contributed by atoms with van der Waals surface area (Å²) >= 11 is 5.85. The van der Waals surface area contributed by atoms with E-state index >= 15 is 0 Å². The molecule has 1 heterocycles. The van der Waals surface area contributed by atoms with E-state index < -0.39 is 47.6 Å². The molecular weight excluding hydrogens is 434 g/mol. The number of benzene rings is 2. The molecular formula is C21H17ClF2N2O5. The molecule has 0 unspecified atom stereocenters. The predicted octanol–water partition coefficient (Wildman–Crippen LogP) is 3.58. The van der Waals surface area contributed by atoms with E-state index in [2.05, 4.69) is 5.32 Å². The van der Waals surface area contributed by atoms with E-state index in [4.69, 9.17) is 16.7 Å². The molecule has 3 rings (SSSR count). The van der Waals surface area contributed by atoms with Crippen molar-refractivity contribution in [3.63, 3.8) is 0 Å². The molecule has 0 spiro atoms. The Morgan fingerprint density at radius 2 is 1.81 bits per heavy atom. The Labute approximate surface area is 179 Å². The van der Waals surface area contributed by atoms with Gasteiger partial charge in [-0.2, -0.15) is 0 Å². The number of carboxylic acid groups (broad SMARTS) is 1. The Balaban J connectivity index is 2.25. The summed E-state index contributed by atoms with van der Waals surface area (Å²) in [6, 6.07) is 6.63. The Kier molecular flexibility index (Phi) is 5.99. The van der Waals surface area contributed by atoms with Crippen LogP contribution in [0.1, 0.15) is 34.5 Å². The lowest BCUT2D eigenvalue weighted by molar-refractivity contribution is -0.138. The van der Waals surface area contributed by atoms with Gasteiger partial charge in [-0.1, -0.05) is 11.6 Å². The molecule has 31 heavy (non-hydrogen) atoms. The number of aromatic hydroxyl groups is 1. The van der Waals surface area contributed by atoms with Gasteiger partial charge in [-0.25, -0.2) is 8.78 Å². The number of hydrogen-bond acceptors (Lipinski definition) is 4. The first-order valence-corrected chi connectivity index (χ1v) is 9.44. The van der Waals surface area contributed by atoms with Gasteiger partial charge in [0, 0.05) is 27.7 Å². The van der Waals surface area contributed by atoms with E-state index in [9.17, 15) is 28.3 Å². The van der Waals surface area contributed by atoms with Gasteiger partial charge in [-0.3, -0.25) is 19.0 Å². The maximum absolute atomic E-state index is 14.9. The van der Waals surface area contributed by atoms with Gasteiger partial charge in [0.15, 0.2) is 17.4 Å². The fourth-order valence-electron chi connectivity index (χ4n) is 3.47. The number of carbonyl (C=O) groups is 3. The van der Waals surface area contributed by atoms with Gasteiger partial charge in [0.2, 0.25) is 5.91 Å². The summed E-state index contributed by atoms with van der Waals surface area (Å²) in [5.41, 5.74) is 0.149. The van der Waals surface area contributed by atoms with Crippen molar-refractivity contribution < 1.29 is 33.4 Å². The summed E-state index contributed by atoms with van der Waals surface area (Å²) < 4.78 is 30.1. The molecule has 10 heteroatoms. The van der Waals surface area contributed by atoms with E-state index in [1.807, 2.05) is 0 Å². The molecule has 0 radical (unpaired) electrons. The van der Waals surface area contributed by atoms with E-state index in [1.165, 1.54) is 38.1 Å². The zero-order valence-corrected chi connectivity index (χ0v) is 17.1. The Morgan fingerprint density at radius 3 is 2.39 bits per heavy atom. The lowest BCUT2D eigenvalue weighted by Gasteiger charge is -2.13. The van der Waals surface area contributed by atoms with E-state index in [1.54, 1.807) is 0 Å². The summed E-state index contributed by atoms with van der Waals surface area (Å²) in [5, 5.41) is 20.8. The third-order valence-corrected chi connectivity index (χ3v) is 5.20. The first-order valence-electron chi connectivity index (χ1n) is 9.06. The van der Waals surface area contributed by atoms with Crippen molar-refractivity contribution in [3.8, 4) is 5.75 Å². The molecule has 0 bridgehead atoms. The minimum absolute atomic E-state index is 0.0213. The lowest BCUT2D eigenvalue weighted by Crippen LogP contribution is -2.32. The number of carboxylic acids is 1. The maximum atomic E-state index is 14.9. The quantitative estimate of drug-likeness (QED) is 0.550. The number of nitrogens with one attached hydrogen (secondary N) is 1. The van der Waals surface area contributed by atoms with Crippen molar-refractivity contribution in [1.82, 2.24) is 9.88 Å². The van der Waals surface area contributed by atoms with Crippen molar-refractivity contribution in [3.05, 3.63) is 63.8 Å². The molecule has 3 aromatic rings. The number of halogens is 3. The third-order valence-electron chi connectivity index (χ3n) is 4.94. The Hall–Kier alpha value is -3.46. The monoisotopic (exact) mass is 450 g/mol. The largest absolute Gasteiger partial charge is 0.503 e. The summed E-state index contributed by atoms with van der Waals surface area (Å²) in [6.07, 6.45) is 0. The minimum atomic E-state index is -1.33. The average Bonchev–Trinajstić information content (AvgIpc) is 3.01. The molecule has 0 aliphatic rings. The number of fused-ring (bicyclic) bond motifs is 1. The maximum Gasteiger partial charge on any atom is 0.322 e. The minimum Gasteiger partial charge on any atom is -0.503 e. The third kappa shape index (κ3) is 3.96. The van der Waals surface area contributed by atoms with Crippen LogP contribution in [-0.2, 0) is 9.59 Å². The highest BCUT2D eigenvalue weighted by atomic mass is 35.5. The van der Waals surface area contributed by atoms with Crippen molar-refractivity contribution in [2.24, 2.45) is 0 Å². The fraction of sp³-hybridized carbons (Fsp3) is 0.190. The molecule has 0 aliphatic carbocycles. The van der Waals surface area contributed by atoms with Crippen LogP contribution in [0.4, 0.5) is 8.78 Å². The van der Waals surface area contributed by atoms with E-state index in [0.29, 0.717) is 5.02 Å². The van der Waals surface area contributed by atoms with Crippen molar-refractivity contribution >= 4 is 40.3 Å². The van der Waals surface area contributed by atoms with Crippen LogP contribution >= 0.6 is 11.6 Å². The smallest absolute Gasteiger partial charge is 0.322 e. The molecule has 7 nitrogen and oxygen atoms in total. The van der Waals surface area contributed by atoms with Crippen LogP contribution in [0, 0.1) is 18.6 Å². The molecule has 0 saturated carbocycles. The number of aliphatic carboxylic acids is 1. The van der Waals surface area contributed by atoms with Crippen LogP contribution in [0.3, 0.4) is 0 Å². The second-order valence-electron chi connectivity index (χ2n) is 6.89. The number of carbonyl (C=O) groups excluding carboxylic acids is 2. The van der Waals surface area contributed by atoms with Crippen LogP contribution in [0.15, 0.2) is 30.3 Å². The summed E-state index contributed by atoms with van der Waals surface area (Å²) in [4.78, 5) is 36.4. The number of phenols is 1. The van der Waals surface area contributed by atoms with Crippen LogP contribution in [-0.4, -0.2) is 39.1 Å². The average molecular weight is 451 g/mol. The van der Waals surface area contributed by atoms with Gasteiger partial charge < -0.3 is 15.5 Å². The van der Waals surface area contributed by atoms with Crippen molar-refractivity contribution in [2.45, 2.75) is 19.8 Å². The second kappa shape index (κ2) is 8.35. The normalized spacial score (nSPS) is 12.0. The van der Waals surface area contributed by atoms with Crippen LogP contribution in [0.5, 0.6) is 5.75 Å². The number of aromatic nitrogens is 1. The highest BCUT2D eigenvalue weighted by Gasteiger charge is 2.30. The lowest BCUT2D eigenvalue weighted by atomic mass is 9.96. The molecule has 3 N–H and O–H groups in total. The Morgan fingerprint density at radius 1 is 1.19 bits per heavy atom. The van der Waals surface area contributed by atoms with Crippen LogP contribution < -0.4 is 5.32 Å². The molecule has 2 aromatic carbocycles. The zero-order chi connectivity index (χ0) is 23.0. The fourth-order valence-corrected chi connectivity index (χ4v) is 3.60. The van der Waals surface area contributed by atoms with Gasteiger partial charge in [0.25, 0.3) is 5.91 Å². The standard InChI is InChI=1S/C21H17ClF2N2O5/c1-9(20(30)25-8-15(27)28)16-10(2)26(21(31)11-3-5-12(22)6-4-11)14-7-13(23)19(29)18(24)17(14)16/h3-7,9,29H,8H2,1-2H3,(H,25,30)(H,27,28)/t9-/m0/s1. The summed E-state index contributed by atoms with van der Waals surface area (Å²) in [6.45, 7) is 2.17. The molecule has 1 amide bonds. The molecule has 162 valence electrons. The van der Waals surface area contributed by atoms with Crippen LogP contribution in [0.2, 0.25) is 5.02 Å². The van der Waals surface area contributed by atoms with Gasteiger partial charge in [0.05, 0.1) is 11.4 Å². The first-order chi connectivity index (χ1) is 14.5. The molecule has 1 atom stereocenters. The zero-order valence-electron chi connectivity index (χ0n) is 16.4. The number of rotatable bonds is 5. The number of nitrogens with zero attached hydrogens (tertiary/aromatic N) is 1. The predicted molar refractivity (Wildman–Crippen MR) is 108 cm³/mol. The molecule has 0 saturated heterocycles. The van der Waals surface area contributed by atoms with Gasteiger partial charge in [-0.05, 0) is 43.7 Å². The number of phenolic OH excluding ortho intramolecular Hbond substituents is 1. The second-order valence-corrected chi connectivity index (χ2v) is 7.33. The number of hydrogen-bond donors (Lipinski definition) is 3. The van der Waals surface area contributed by atoms with E-state index in [-0.39, 0.29) is 27.7 Å². The van der Waals surface area contributed by atoms with Gasteiger partial charge >= 0.3 is 5.97 Å². The highest BCUT2D eigenvalue weighted by molar-refractivity contribution is 6.30. The summed E-state index contributed by atoms with van der Waals surface area (Å²) in [5.74, 6) is -7.61. The van der Waals surface area contributed by atoms with Crippen molar-refractivity contribution in [1.29, 1.82) is 0 Å². The topological polar surface area (TPSA) is 109 Å². The number of amides is 1. The highest BCUT2D eigenvalue weighted by Crippen LogP contribution is 2.38. The molecule has 0 aliphatic heterocycles. The van der Waals surface area contributed by atoms with Crippen molar-refractivity contribution in [2.75, 3.05) is 6.54 Å².